The Bertz CT molecular complexity index is 443. The van der Waals surface area contributed by atoms with Crippen LogP contribution in [0.2, 0.25) is 0 Å². The van der Waals surface area contributed by atoms with Gasteiger partial charge in [0.1, 0.15) is 5.82 Å². The summed E-state index contributed by atoms with van der Waals surface area (Å²) in [5.41, 5.74) is 0.00751. The van der Waals surface area contributed by atoms with Crippen LogP contribution in [0, 0.1) is 5.82 Å². The molecule has 1 aromatic rings. The van der Waals surface area contributed by atoms with Crippen LogP contribution < -0.4 is 0 Å². The number of halogens is 1. The quantitative estimate of drug-likeness (QED) is 0.774. The first-order valence-electron chi connectivity index (χ1n) is 6.00. The van der Waals surface area contributed by atoms with Gasteiger partial charge in [-0.05, 0) is 32.4 Å². The summed E-state index contributed by atoms with van der Waals surface area (Å²) in [5, 5.41) is 8.72. The number of hydrogen-bond donors (Lipinski definition) is 1. The normalized spacial score (nSPS) is 11.6. The van der Waals surface area contributed by atoms with Crippen LogP contribution >= 0.6 is 0 Å². The van der Waals surface area contributed by atoms with Crippen molar-refractivity contribution in [2.45, 2.75) is 32.5 Å². The molecule has 19 heavy (non-hydrogen) atoms. The van der Waals surface area contributed by atoms with Gasteiger partial charge in [0.15, 0.2) is 0 Å². The van der Waals surface area contributed by atoms with E-state index >= 15 is 0 Å². The minimum atomic E-state index is -1.15. The Morgan fingerprint density at radius 2 is 2.11 bits per heavy atom. The van der Waals surface area contributed by atoms with Crippen molar-refractivity contribution < 1.29 is 23.8 Å². The van der Waals surface area contributed by atoms with E-state index in [9.17, 15) is 9.18 Å². The standard InChI is InChI=1S/C14H19FO4/c1-14(2,18-3)6-7-19-9-11-5-4-10(13(16)17)8-12(11)15/h4-5,8H,6-7,9H2,1-3H3,(H,16,17). The van der Waals surface area contributed by atoms with Gasteiger partial charge in [-0.1, -0.05) is 6.07 Å². The van der Waals surface area contributed by atoms with Gasteiger partial charge in [-0.15, -0.1) is 0 Å². The summed E-state index contributed by atoms with van der Waals surface area (Å²) in [4.78, 5) is 10.7. The third-order valence-electron chi connectivity index (χ3n) is 2.96. The molecule has 1 aromatic carbocycles. The molecule has 1 rings (SSSR count). The molecule has 0 aliphatic rings. The van der Waals surface area contributed by atoms with E-state index in [0.29, 0.717) is 18.6 Å². The first-order valence-corrected chi connectivity index (χ1v) is 6.00. The molecule has 0 aromatic heterocycles. The Hall–Kier alpha value is -1.46. The second-order valence-electron chi connectivity index (χ2n) is 4.88. The van der Waals surface area contributed by atoms with E-state index in [1.165, 1.54) is 12.1 Å². The molecule has 0 aliphatic heterocycles. The van der Waals surface area contributed by atoms with Crippen LogP contribution in [-0.2, 0) is 16.1 Å². The highest BCUT2D eigenvalue weighted by Crippen LogP contribution is 2.15. The van der Waals surface area contributed by atoms with E-state index in [1.54, 1.807) is 7.11 Å². The first kappa shape index (κ1) is 15.6. The number of ether oxygens (including phenoxy) is 2. The third-order valence-corrected chi connectivity index (χ3v) is 2.96. The zero-order valence-corrected chi connectivity index (χ0v) is 11.4. The number of rotatable bonds is 7. The molecular formula is C14H19FO4. The largest absolute Gasteiger partial charge is 0.478 e. The summed E-state index contributed by atoms with van der Waals surface area (Å²) in [5.74, 6) is -1.71. The summed E-state index contributed by atoms with van der Waals surface area (Å²) >= 11 is 0. The van der Waals surface area contributed by atoms with Gasteiger partial charge in [0.25, 0.3) is 0 Å². The Balaban J connectivity index is 2.48. The summed E-state index contributed by atoms with van der Waals surface area (Å²) in [7, 11) is 1.63. The SMILES string of the molecule is COC(C)(C)CCOCc1ccc(C(=O)O)cc1F. The average Bonchev–Trinajstić information content (AvgIpc) is 2.36. The molecule has 0 saturated carbocycles. The van der Waals surface area contributed by atoms with E-state index in [1.807, 2.05) is 13.8 Å². The van der Waals surface area contributed by atoms with Crippen LogP contribution in [0.15, 0.2) is 18.2 Å². The summed E-state index contributed by atoms with van der Waals surface area (Å²) in [6.07, 6.45) is 0.693. The lowest BCUT2D eigenvalue weighted by atomic mass is 10.1. The molecule has 106 valence electrons. The van der Waals surface area contributed by atoms with Crippen molar-refractivity contribution in [3.05, 3.63) is 35.1 Å². The van der Waals surface area contributed by atoms with E-state index in [2.05, 4.69) is 0 Å². The van der Waals surface area contributed by atoms with E-state index in [-0.39, 0.29) is 17.8 Å². The van der Waals surface area contributed by atoms with Gasteiger partial charge < -0.3 is 14.6 Å². The minimum absolute atomic E-state index is 0.0678. The molecular weight excluding hydrogens is 251 g/mol. The molecule has 5 heteroatoms. The Morgan fingerprint density at radius 1 is 1.42 bits per heavy atom. The molecule has 0 atom stereocenters. The smallest absolute Gasteiger partial charge is 0.335 e. The van der Waals surface area contributed by atoms with Gasteiger partial charge in [-0.25, -0.2) is 9.18 Å². The number of aromatic carboxylic acids is 1. The van der Waals surface area contributed by atoms with E-state index < -0.39 is 11.8 Å². The number of carbonyl (C=O) groups is 1. The van der Waals surface area contributed by atoms with E-state index in [0.717, 1.165) is 6.07 Å². The molecule has 0 bridgehead atoms. The predicted octanol–water partition coefficient (Wildman–Crippen LogP) is 2.86. The molecule has 0 radical (unpaired) electrons. The first-order chi connectivity index (χ1) is 8.85. The fourth-order valence-corrected chi connectivity index (χ4v) is 1.40. The number of carboxylic acid groups (broad SMARTS) is 1. The van der Waals surface area contributed by atoms with Crippen molar-refractivity contribution in [1.29, 1.82) is 0 Å². The van der Waals surface area contributed by atoms with Crippen molar-refractivity contribution in [1.82, 2.24) is 0 Å². The predicted molar refractivity (Wildman–Crippen MR) is 68.7 cm³/mol. The van der Waals surface area contributed by atoms with Gasteiger partial charge in [0.05, 0.1) is 17.8 Å². The molecule has 0 unspecified atom stereocenters. The lowest BCUT2D eigenvalue weighted by Gasteiger charge is -2.22. The monoisotopic (exact) mass is 270 g/mol. The zero-order valence-electron chi connectivity index (χ0n) is 11.4. The summed E-state index contributed by atoms with van der Waals surface area (Å²) < 4.78 is 24.2. The Kier molecular flexibility index (Phi) is 5.44. The zero-order chi connectivity index (χ0) is 14.5. The van der Waals surface area contributed by atoms with Crippen LogP contribution in [0.25, 0.3) is 0 Å². The average molecular weight is 270 g/mol. The lowest BCUT2D eigenvalue weighted by Crippen LogP contribution is -2.24. The second-order valence-corrected chi connectivity index (χ2v) is 4.88. The highest BCUT2D eigenvalue weighted by atomic mass is 19.1. The fourth-order valence-electron chi connectivity index (χ4n) is 1.40. The minimum Gasteiger partial charge on any atom is -0.478 e. The molecule has 0 aliphatic carbocycles. The number of hydrogen-bond acceptors (Lipinski definition) is 3. The highest BCUT2D eigenvalue weighted by molar-refractivity contribution is 5.87. The molecule has 0 spiro atoms. The van der Waals surface area contributed by atoms with Crippen molar-refractivity contribution in [3.63, 3.8) is 0 Å². The van der Waals surface area contributed by atoms with Crippen molar-refractivity contribution in [3.8, 4) is 0 Å². The summed E-state index contributed by atoms with van der Waals surface area (Å²) in [6.45, 7) is 4.45. The van der Waals surface area contributed by atoms with Crippen molar-refractivity contribution in [2.24, 2.45) is 0 Å². The van der Waals surface area contributed by atoms with Crippen LogP contribution in [0.1, 0.15) is 36.2 Å². The van der Waals surface area contributed by atoms with Crippen LogP contribution in [0.5, 0.6) is 0 Å². The van der Waals surface area contributed by atoms with Gasteiger partial charge >= 0.3 is 5.97 Å². The van der Waals surface area contributed by atoms with Crippen molar-refractivity contribution >= 4 is 5.97 Å². The molecule has 4 nitrogen and oxygen atoms in total. The topological polar surface area (TPSA) is 55.8 Å². The fraction of sp³-hybridized carbons (Fsp3) is 0.500. The molecule has 0 heterocycles. The van der Waals surface area contributed by atoms with Crippen LogP contribution in [0.3, 0.4) is 0 Å². The third kappa shape index (κ3) is 4.96. The van der Waals surface area contributed by atoms with E-state index in [4.69, 9.17) is 14.6 Å². The van der Waals surface area contributed by atoms with Crippen molar-refractivity contribution in [2.75, 3.05) is 13.7 Å². The van der Waals surface area contributed by atoms with Gasteiger partial charge in [0, 0.05) is 19.3 Å². The second kappa shape index (κ2) is 6.63. The number of carboxylic acids is 1. The number of benzene rings is 1. The maximum atomic E-state index is 13.6. The Morgan fingerprint density at radius 3 is 2.63 bits per heavy atom. The molecule has 0 amide bonds. The molecule has 0 saturated heterocycles. The van der Waals surface area contributed by atoms with Gasteiger partial charge in [-0.3, -0.25) is 0 Å². The maximum Gasteiger partial charge on any atom is 0.335 e. The molecule has 0 fully saturated rings. The lowest BCUT2D eigenvalue weighted by molar-refractivity contribution is -0.0127. The van der Waals surface area contributed by atoms with Crippen LogP contribution in [-0.4, -0.2) is 30.4 Å². The Labute approximate surface area is 112 Å². The van der Waals surface area contributed by atoms with Crippen LogP contribution in [0.4, 0.5) is 4.39 Å². The molecule has 1 N–H and O–H groups in total. The van der Waals surface area contributed by atoms with Gasteiger partial charge in [-0.2, -0.15) is 0 Å². The maximum absolute atomic E-state index is 13.6. The summed E-state index contributed by atoms with van der Waals surface area (Å²) in [6, 6.07) is 3.80. The number of methoxy groups -OCH3 is 1. The van der Waals surface area contributed by atoms with Gasteiger partial charge in [0.2, 0.25) is 0 Å². The highest BCUT2D eigenvalue weighted by Gasteiger charge is 2.16.